The smallest absolute Gasteiger partial charge is 0.0898 e. The van der Waals surface area contributed by atoms with E-state index in [0.29, 0.717) is 18.1 Å². The van der Waals surface area contributed by atoms with E-state index in [1.807, 2.05) is 0 Å². The van der Waals surface area contributed by atoms with E-state index in [-0.39, 0.29) is 0 Å². The zero-order chi connectivity index (χ0) is 11.7. The van der Waals surface area contributed by atoms with Crippen LogP contribution in [0.2, 0.25) is 0 Å². The lowest BCUT2D eigenvalue weighted by Crippen LogP contribution is -2.54. The maximum atomic E-state index is 4.59. The first-order valence-corrected chi connectivity index (χ1v) is 6.86. The van der Waals surface area contributed by atoms with E-state index >= 15 is 0 Å². The van der Waals surface area contributed by atoms with Crippen molar-refractivity contribution in [2.24, 2.45) is 0 Å². The first kappa shape index (κ1) is 12.0. The van der Waals surface area contributed by atoms with Crippen LogP contribution < -0.4 is 5.32 Å². The summed E-state index contributed by atoms with van der Waals surface area (Å²) in [6.07, 6.45) is 0. The van der Waals surface area contributed by atoms with Crippen LogP contribution in [0.4, 0.5) is 0 Å². The molecular weight excluding hydrogens is 218 g/mol. The Hall–Kier alpha value is -0.450. The van der Waals surface area contributed by atoms with Gasteiger partial charge in [-0.1, -0.05) is 0 Å². The molecular formula is C12H21N3S. The monoisotopic (exact) mass is 239 g/mol. The van der Waals surface area contributed by atoms with Crippen molar-refractivity contribution in [2.45, 2.75) is 45.8 Å². The lowest BCUT2D eigenvalue weighted by atomic mass is 10.1. The van der Waals surface area contributed by atoms with E-state index in [4.69, 9.17) is 0 Å². The van der Waals surface area contributed by atoms with Gasteiger partial charge in [0.1, 0.15) is 0 Å². The highest BCUT2D eigenvalue weighted by atomic mass is 32.1. The van der Waals surface area contributed by atoms with Crippen LogP contribution in [0.15, 0.2) is 5.38 Å². The van der Waals surface area contributed by atoms with Gasteiger partial charge in [0.05, 0.1) is 16.7 Å². The van der Waals surface area contributed by atoms with Crippen molar-refractivity contribution in [3.8, 4) is 0 Å². The maximum Gasteiger partial charge on any atom is 0.0898 e. The number of rotatable bonds is 2. The van der Waals surface area contributed by atoms with Crippen molar-refractivity contribution in [3.63, 3.8) is 0 Å². The SMILES string of the molecule is Cc1nc(C(C)N2CC(C)NC(C)C2)cs1. The van der Waals surface area contributed by atoms with E-state index in [0.717, 1.165) is 18.1 Å². The van der Waals surface area contributed by atoms with Gasteiger partial charge in [0.25, 0.3) is 0 Å². The Kier molecular flexibility index (Phi) is 3.62. The van der Waals surface area contributed by atoms with E-state index in [9.17, 15) is 0 Å². The molecule has 1 fully saturated rings. The summed E-state index contributed by atoms with van der Waals surface area (Å²) in [7, 11) is 0. The van der Waals surface area contributed by atoms with Crippen LogP contribution in [-0.4, -0.2) is 35.1 Å². The second-order valence-electron chi connectivity index (χ2n) is 4.89. The summed E-state index contributed by atoms with van der Waals surface area (Å²) >= 11 is 1.74. The van der Waals surface area contributed by atoms with Crippen LogP contribution in [0.1, 0.15) is 37.5 Å². The Bertz CT molecular complexity index is 340. The summed E-state index contributed by atoms with van der Waals surface area (Å²) in [5.41, 5.74) is 1.23. The Morgan fingerprint density at radius 1 is 1.44 bits per heavy atom. The standard InChI is InChI=1S/C12H21N3S/c1-8-5-15(6-9(2)13-8)10(3)12-7-16-11(4)14-12/h7-10,13H,5-6H2,1-4H3. The molecule has 0 spiro atoms. The topological polar surface area (TPSA) is 28.2 Å². The molecule has 2 rings (SSSR count). The molecule has 0 saturated carbocycles. The number of thiazole rings is 1. The minimum atomic E-state index is 0.442. The largest absolute Gasteiger partial charge is 0.309 e. The highest BCUT2D eigenvalue weighted by Gasteiger charge is 2.26. The van der Waals surface area contributed by atoms with E-state index in [2.05, 4.69) is 48.3 Å². The Labute approximate surface area is 102 Å². The van der Waals surface area contributed by atoms with Crippen LogP contribution >= 0.6 is 11.3 Å². The third-order valence-corrected chi connectivity index (χ3v) is 3.99. The van der Waals surface area contributed by atoms with Crippen LogP contribution in [0.3, 0.4) is 0 Å². The van der Waals surface area contributed by atoms with Crippen molar-refractivity contribution >= 4 is 11.3 Å². The molecule has 1 saturated heterocycles. The van der Waals surface area contributed by atoms with Crippen LogP contribution in [-0.2, 0) is 0 Å². The van der Waals surface area contributed by atoms with Gasteiger partial charge >= 0.3 is 0 Å². The highest BCUT2D eigenvalue weighted by molar-refractivity contribution is 7.09. The third-order valence-electron chi connectivity index (χ3n) is 3.20. The Balaban J connectivity index is 2.06. The summed E-state index contributed by atoms with van der Waals surface area (Å²) in [6, 6.07) is 1.59. The number of hydrogen-bond acceptors (Lipinski definition) is 4. The quantitative estimate of drug-likeness (QED) is 0.857. The summed E-state index contributed by atoms with van der Waals surface area (Å²) in [5.74, 6) is 0. The molecule has 0 amide bonds. The Morgan fingerprint density at radius 3 is 2.56 bits per heavy atom. The molecule has 0 aliphatic carbocycles. The average Bonchev–Trinajstić information content (AvgIpc) is 2.62. The third kappa shape index (κ3) is 2.62. The number of hydrogen-bond donors (Lipinski definition) is 1. The molecule has 16 heavy (non-hydrogen) atoms. The molecule has 90 valence electrons. The second-order valence-corrected chi connectivity index (χ2v) is 5.95. The molecule has 4 heteroatoms. The maximum absolute atomic E-state index is 4.59. The summed E-state index contributed by atoms with van der Waals surface area (Å²) in [4.78, 5) is 7.12. The van der Waals surface area contributed by atoms with Gasteiger partial charge in [-0.25, -0.2) is 4.98 Å². The zero-order valence-corrected chi connectivity index (χ0v) is 11.3. The number of piperazine rings is 1. The van der Waals surface area contributed by atoms with Gasteiger partial charge in [0, 0.05) is 30.6 Å². The normalized spacial score (nSPS) is 29.2. The molecule has 0 radical (unpaired) electrons. The summed E-state index contributed by atoms with van der Waals surface area (Å²) in [5, 5.41) is 6.92. The molecule has 3 atom stereocenters. The van der Waals surface area contributed by atoms with Crippen molar-refractivity contribution in [3.05, 3.63) is 16.1 Å². The van der Waals surface area contributed by atoms with Gasteiger partial charge in [-0.05, 0) is 27.7 Å². The summed E-state index contributed by atoms with van der Waals surface area (Å²) < 4.78 is 0. The van der Waals surface area contributed by atoms with E-state index in [1.54, 1.807) is 11.3 Å². The lowest BCUT2D eigenvalue weighted by Gasteiger charge is -2.39. The minimum Gasteiger partial charge on any atom is -0.309 e. The number of aryl methyl sites for hydroxylation is 1. The van der Waals surface area contributed by atoms with Gasteiger partial charge < -0.3 is 5.32 Å². The molecule has 1 aliphatic heterocycles. The molecule has 1 aliphatic rings. The van der Waals surface area contributed by atoms with Crippen LogP contribution in [0.5, 0.6) is 0 Å². The fourth-order valence-corrected chi connectivity index (χ4v) is 3.14. The van der Waals surface area contributed by atoms with Gasteiger partial charge in [0.2, 0.25) is 0 Å². The predicted molar refractivity (Wildman–Crippen MR) is 68.9 cm³/mol. The van der Waals surface area contributed by atoms with Gasteiger partial charge in [-0.3, -0.25) is 4.90 Å². The van der Waals surface area contributed by atoms with Gasteiger partial charge in [0.15, 0.2) is 0 Å². The van der Waals surface area contributed by atoms with Crippen molar-refractivity contribution in [1.82, 2.24) is 15.2 Å². The predicted octanol–water partition coefficient (Wildman–Crippen LogP) is 2.19. The molecule has 0 bridgehead atoms. The van der Waals surface area contributed by atoms with Gasteiger partial charge in [-0.2, -0.15) is 0 Å². The fourth-order valence-electron chi connectivity index (χ4n) is 2.44. The number of nitrogens with zero attached hydrogens (tertiary/aromatic N) is 2. The van der Waals surface area contributed by atoms with Crippen molar-refractivity contribution in [2.75, 3.05) is 13.1 Å². The first-order valence-electron chi connectivity index (χ1n) is 5.98. The van der Waals surface area contributed by atoms with Gasteiger partial charge in [-0.15, -0.1) is 11.3 Å². The van der Waals surface area contributed by atoms with Crippen LogP contribution in [0.25, 0.3) is 0 Å². The number of nitrogens with one attached hydrogen (secondary N) is 1. The molecule has 3 unspecified atom stereocenters. The molecule has 1 aromatic heterocycles. The zero-order valence-electron chi connectivity index (χ0n) is 10.5. The molecule has 3 nitrogen and oxygen atoms in total. The van der Waals surface area contributed by atoms with E-state index < -0.39 is 0 Å². The highest BCUT2D eigenvalue weighted by Crippen LogP contribution is 2.23. The number of aromatic nitrogens is 1. The van der Waals surface area contributed by atoms with Crippen molar-refractivity contribution in [1.29, 1.82) is 0 Å². The molecule has 1 aromatic rings. The minimum absolute atomic E-state index is 0.442. The van der Waals surface area contributed by atoms with Crippen molar-refractivity contribution < 1.29 is 0 Å². The summed E-state index contributed by atoms with van der Waals surface area (Å²) in [6.45, 7) is 11.1. The molecule has 2 heterocycles. The molecule has 0 aromatic carbocycles. The Morgan fingerprint density at radius 2 is 2.06 bits per heavy atom. The lowest BCUT2D eigenvalue weighted by molar-refractivity contribution is 0.129. The molecule has 1 N–H and O–H groups in total. The average molecular weight is 239 g/mol. The fraction of sp³-hybridized carbons (Fsp3) is 0.750. The van der Waals surface area contributed by atoms with Crippen LogP contribution in [0, 0.1) is 6.92 Å². The first-order chi connectivity index (χ1) is 7.56. The second kappa shape index (κ2) is 4.82. The van der Waals surface area contributed by atoms with E-state index in [1.165, 1.54) is 5.69 Å².